The molecule has 4 aromatic rings. The molecule has 2 saturated heterocycles. The van der Waals surface area contributed by atoms with Crippen LogP contribution in [0.4, 0.5) is 10.1 Å². The number of fused-ring (bicyclic) bond motifs is 3. The highest BCUT2D eigenvalue weighted by Gasteiger charge is 2.31. The molecule has 0 atom stereocenters. The zero-order valence-electron chi connectivity index (χ0n) is 23.3. The second kappa shape index (κ2) is 10.5. The van der Waals surface area contributed by atoms with Gasteiger partial charge in [-0.25, -0.2) is 4.39 Å². The van der Waals surface area contributed by atoms with Gasteiger partial charge in [0.05, 0.1) is 11.1 Å². The van der Waals surface area contributed by atoms with E-state index in [1.54, 1.807) is 6.20 Å². The van der Waals surface area contributed by atoms with Crippen LogP contribution in [0.1, 0.15) is 29.6 Å². The van der Waals surface area contributed by atoms with Gasteiger partial charge in [-0.2, -0.15) is 0 Å². The summed E-state index contributed by atoms with van der Waals surface area (Å²) in [6, 6.07) is 13.2. The Labute approximate surface area is 237 Å². The van der Waals surface area contributed by atoms with Gasteiger partial charge >= 0.3 is 0 Å². The molecule has 0 spiro atoms. The van der Waals surface area contributed by atoms with Crippen LogP contribution in [-0.4, -0.2) is 79.7 Å². The van der Waals surface area contributed by atoms with Gasteiger partial charge in [0.15, 0.2) is 17.3 Å². The number of nitrogens with one attached hydrogen (secondary N) is 1. The number of nitrogens with zero attached hydrogens (tertiary/aromatic N) is 4. The van der Waals surface area contributed by atoms with E-state index in [0.717, 1.165) is 75.8 Å². The summed E-state index contributed by atoms with van der Waals surface area (Å²) in [4.78, 5) is 33.8. The maximum atomic E-state index is 15.8. The summed E-state index contributed by atoms with van der Waals surface area (Å²) in [7, 11) is 2.13. The third-order valence-corrected chi connectivity index (χ3v) is 8.67. The van der Waals surface area contributed by atoms with Crippen LogP contribution in [0.15, 0.2) is 53.5 Å². The Bertz CT molecular complexity index is 1720. The molecule has 9 heteroatoms. The summed E-state index contributed by atoms with van der Waals surface area (Å²) in [6.45, 7) is 6.92. The van der Waals surface area contributed by atoms with Crippen molar-refractivity contribution in [3.8, 4) is 17.2 Å². The number of anilines is 1. The smallest absolute Gasteiger partial charge is 0.256 e. The number of rotatable bonds is 6. The van der Waals surface area contributed by atoms with Crippen molar-refractivity contribution in [3.05, 3.63) is 70.3 Å². The quantitative estimate of drug-likeness (QED) is 0.314. The minimum absolute atomic E-state index is 0.00243. The highest BCUT2D eigenvalue weighted by atomic mass is 19.1. The number of carbonyl (C=O) groups is 1. The van der Waals surface area contributed by atoms with Crippen LogP contribution >= 0.6 is 0 Å². The van der Waals surface area contributed by atoms with Crippen LogP contribution in [0, 0.1) is 5.82 Å². The van der Waals surface area contributed by atoms with Crippen LogP contribution in [0.5, 0.6) is 11.5 Å². The van der Waals surface area contributed by atoms with Gasteiger partial charge in [-0.1, -0.05) is 24.3 Å². The van der Waals surface area contributed by atoms with E-state index in [1.807, 2.05) is 45.9 Å². The number of pyridine rings is 1. The number of piperazine rings is 1. The van der Waals surface area contributed by atoms with Crippen molar-refractivity contribution in [2.24, 2.45) is 0 Å². The van der Waals surface area contributed by atoms with E-state index in [0.29, 0.717) is 34.9 Å². The molecule has 1 N–H and O–H groups in total. The molecule has 3 aliphatic rings. The Hall–Kier alpha value is -3.95. The Morgan fingerprint density at radius 1 is 1.00 bits per heavy atom. The summed E-state index contributed by atoms with van der Waals surface area (Å²) in [5.74, 6) is -0.0582. The van der Waals surface area contributed by atoms with Gasteiger partial charge in [-0.3, -0.25) is 9.59 Å². The topological polar surface area (TPSA) is 70.0 Å². The van der Waals surface area contributed by atoms with E-state index in [-0.39, 0.29) is 10.9 Å². The van der Waals surface area contributed by atoms with Crippen molar-refractivity contribution in [1.82, 2.24) is 19.7 Å². The van der Waals surface area contributed by atoms with E-state index in [4.69, 9.17) is 4.74 Å². The number of hydrogen-bond acceptors (Lipinski definition) is 6. The van der Waals surface area contributed by atoms with E-state index < -0.39 is 17.2 Å². The largest absolute Gasteiger partial charge is 0.451 e. The highest BCUT2D eigenvalue weighted by Crippen LogP contribution is 2.48. The molecule has 0 unspecified atom stereocenters. The molecule has 1 aromatic heterocycles. The molecule has 4 heterocycles. The van der Waals surface area contributed by atoms with E-state index in [2.05, 4.69) is 22.2 Å². The fraction of sp³-hybridized carbons (Fsp3) is 0.375. The molecule has 3 aliphatic heterocycles. The van der Waals surface area contributed by atoms with Crippen LogP contribution in [0.2, 0.25) is 0 Å². The van der Waals surface area contributed by atoms with Gasteiger partial charge in [0, 0.05) is 52.0 Å². The monoisotopic (exact) mass is 555 g/mol. The number of halogens is 1. The van der Waals surface area contributed by atoms with Gasteiger partial charge in [-0.15, -0.1) is 0 Å². The van der Waals surface area contributed by atoms with Crippen molar-refractivity contribution < 1.29 is 13.9 Å². The first-order valence-electron chi connectivity index (χ1n) is 14.5. The number of carbonyl (C=O) groups excluding carboxylic acids is 1. The molecule has 7 rings (SSSR count). The zero-order valence-corrected chi connectivity index (χ0v) is 23.3. The molecule has 212 valence electrons. The van der Waals surface area contributed by atoms with E-state index in [1.165, 1.54) is 6.07 Å². The number of aromatic nitrogens is 1. The molecule has 2 fully saturated rings. The summed E-state index contributed by atoms with van der Waals surface area (Å²) >= 11 is 0. The van der Waals surface area contributed by atoms with E-state index >= 15 is 4.39 Å². The molecular formula is C32H34FN5O3. The second-order valence-electron chi connectivity index (χ2n) is 11.4. The molecule has 0 radical (unpaired) electrons. The van der Waals surface area contributed by atoms with Crippen molar-refractivity contribution in [2.75, 3.05) is 64.3 Å². The predicted octanol–water partition coefficient (Wildman–Crippen LogP) is 4.36. The van der Waals surface area contributed by atoms with Crippen molar-refractivity contribution >= 4 is 33.3 Å². The third-order valence-electron chi connectivity index (χ3n) is 8.67. The average molecular weight is 556 g/mol. The van der Waals surface area contributed by atoms with Crippen LogP contribution in [0.25, 0.3) is 27.4 Å². The lowest BCUT2D eigenvalue weighted by molar-refractivity contribution is 0.0948. The molecule has 0 aliphatic carbocycles. The summed E-state index contributed by atoms with van der Waals surface area (Å²) in [5, 5.41) is 5.07. The SMILES string of the molecule is CN1CCN(CCCNC(=O)c2cn3c4c(c(N5CCCC5)c(F)cc4c2=O)Oc2cc4ccccc4cc2-3)CC1. The van der Waals surface area contributed by atoms with Crippen LogP contribution in [0.3, 0.4) is 0 Å². The summed E-state index contributed by atoms with van der Waals surface area (Å²) < 4.78 is 24.1. The lowest BCUT2D eigenvalue weighted by Gasteiger charge is -2.32. The Balaban J connectivity index is 1.28. The highest BCUT2D eigenvalue weighted by molar-refractivity contribution is 6.02. The molecular weight excluding hydrogens is 521 g/mol. The molecule has 41 heavy (non-hydrogen) atoms. The number of benzene rings is 3. The first kappa shape index (κ1) is 26.0. The fourth-order valence-electron chi connectivity index (χ4n) is 6.36. The Kier molecular flexibility index (Phi) is 6.63. The van der Waals surface area contributed by atoms with E-state index in [9.17, 15) is 9.59 Å². The maximum Gasteiger partial charge on any atom is 0.256 e. The van der Waals surface area contributed by atoms with Crippen molar-refractivity contribution in [3.63, 3.8) is 0 Å². The normalized spacial score (nSPS) is 17.2. The first-order chi connectivity index (χ1) is 20.0. The van der Waals surface area contributed by atoms with Gasteiger partial charge < -0.3 is 29.3 Å². The average Bonchev–Trinajstić information content (AvgIpc) is 3.51. The van der Waals surface area contributed by atoms with Gasteiger partial charge in [0.1, 0.15) is 16.8 Å². The summed E-state index contributed by atoms with van der Waals surface area (Å²) in [6.07, 6.45) is 4.33. The molecule has 0 bridgehead atoms. The maximum absolute atomic E-state index is 15.8. The van der Waals surface area contributed by atoms with Crippen LogP contribution in [-0.2, 0) is 0 Å². The standard InChI is InChI=1S/C32H34FN5O3/c1-35-13-15-36(16-14-35)10-6-9-34-32(40)24-20-38-26-17-21-7-2-3-8-22(21)18-27(26)41-31-28(38)23(30(24)39)19-25(33)29(31)37-11-4-5-12-37/h2-3,7-8,17-20H,4-6,9-16H2,1H3,(H,34,40). The number of hydrogen-bond donors (Lipinski definition) is 1. The zero-order chi connectivity index (χ0) is 28.1. The lowest BCUT2D eigenvalue weighted by Crippen LogP contribution is -2.45. The predicted molar refractivity (Wildman–Crippen MR) is 159 cm³/mol. The molecule has 0 saturated carbocycles. The molecule has 3 aromatic carbocycles. The molecule has 1 amide bonds. The van der Waals surface area contributed by atoms with Crippen molar-refractivity contribution in [1.29, 1.82) is 0 Å². The summed E-state index contributed by atoms with van der Waals surface area (Å²) in [5.41, 5.74) is 1.09. The Morgan fingerprint density at radius 3 is 2.49 bits per heavy atom. The number of likely N-dealkylation sites (N-methyl/N-ethyl adjacent to an activating group) is 1. The lowest BCUT2D eigenvalue weighted by atomic mass is 10.0. The molecule has 8 nitrogen and oxygen atoms in total. The number of ether oxygens (including phenoxy) is 1. The third kappa shape index (κ3) is 4.63. The van der Waals surface area contributed by atoms with Crippen molar-refractivity contribution in [2.45, 2.75) is 19.3 Å². The Morgan fingerprint density at radius 2 is 1.73 bits per heavy atom. The van der Waals surface area contributed by atoms with Gasteiger partial charge in [0.25, 0.3) is 5.91 Å². The first-order valence-corrected chi connectivity index (χ1v) is 14.5. The van der Waals surface area contributed by atoms with Crippen LogP contribution < -0.4 is 20.4 Å². The minimum Gasteiger partial charge on any atom is -0.451 e. The number of amides is 1. The second-order valence-corrected chi connectivity index (χ2v) is 11.4. The van der Waals surface area contributed by atoms with Gasteiger partial charge in [0.2, 0.25) is 5.43 Å². The van der Waals surface area contributed by atoms with Gasteiger partial charge in [-0.05, 0) is 61.8 Å². The minimum atomic E-state index is -0.507. The fourth-order valence-corrected chi connectivity index (χ4v) is 6.36.